The Balaban J connectivity index is 3.37. The first-order valence-corrected chi connectivity index (χ1v) is 31.7. The van der Waals surface area contributed by atoms with Gasteiger partial charge in [-0.25, -0.2) is 0 Å². The Labute approximate surface area is 443 Å². The number of hydrogen-bond donors (Lipinski definition) is 1. The Morgan fingerprint density at radius 2 is 0.563 bits per heavy atom. The molecule has 0 fully saturated rings. The second-order valence-electron chi connectivity index (χ2n) is 21.5. The molecule has 0 bridgehead atoms. The van der Waals surface area contributed by atoms with Gasteiger partial charge in [0, 0.05) is 12.8 Å². The van der Waals surface area contributed by atoms with Crippen LogP contribution in [0, 0.1) is 0 Å². The first-order valence-electron chi connectivity index (χ1n) is 31.7. The minimum Gasteiger partial charge on any atom is -0.462 e. The van der Waals surface area contributed by atoms with Gasteiger partial charge in [-0.1, -0.05) is 300 Å². The van der Waals surface area contributed by atoms with Gasteiger partial charge in [-0.15, -0.1) is 0 Å². The molecule has 0 aromatic carbocycles. The molecular weight excluding hydrogens is 873 g/mol. The fourth-order valence-electron chi connectivity index (χ4n) is 9.56. The molecule has 0 saturated carbocycles. The van der Waals surface area contributed by atoms with Crippen molar-refractivity contribution >= 4 is 11.9 Å². The molecule has 71 heavy (non-hydrogen) atoms. The number of unbranched alkanes of at least 4 members (excludes halogenated alkanes) is 43. The van der Waals surface area contributed by atoms with Gasteiger partial charge >= 0.3 is 11.9 Å². The Morgan fingerprint density at radius 1 is 0.324 bits per heavy atom. The Kier molecular flexibility index (Phi) is 60.3. The molecule has 0 saturated heterocycles. The summed E-state index contributed by atoms with van der Waals surface area (Å²) in [7, 11) is 0. The number of ether oxygens (including phenoxy) is 2. The van der Waals surface area contributed by atoms with Crippen LogP contribution in [-0.4, -0.2) is 36.4 Å². The summed E-state index contributed by atoms with van der Waals surface area (Å²) in [5, 5.41) is 9.65. The SMILES string of the molecule is CCCCCC/C=C\C/C=C\CCCCCCCC(=O)OCC(CO)OC(=O)CCCCCCCCCCCCCCCCCCCCCCCCCCCCCCC/C=C\C/C=C\CCCCCCC. The van der Waals surface area contributed by atoms with E-state index in [1.54, 1.807) is 0 Å². The van der Waals surface area contributed by atoms with E-state index in [-0.39, 0.29) is 25.2 Å². The van der Waals surface area contributed by atoms with Crippen molar-refractivity contribution in [3.63, 3.8) is 0 Å². The maximum absolute atomic E-state index is 12.3. The van der Waals surface area contributed by atoms with Crippen LogP contribution in [0.3, 0.4) is 0 Å². The van der Waals surface area contributed by atoms with Crippen molar-refractivity contribution in [2.75, 3.05) is 13.2 Å². The molecule has 1 unspecified atom stereocenters. The van der Waals surface area contributed by atoms with Crippen LogP contribution in [0.5, 0.6) is 0 Å². The van der Waals surface area contributed by atoms with Gasteiger partial charge in [0.25, 0.3) is 0 Å². The van der Waals surface area contributed by atoms with Crippen molar-refractivity contribution < 1.29 is 24.2 Å². The zero-order valence-corrected chi connectivity index (χ0v) is 47.8. The maximum atomic E-state index is 12.3. The molecule has 0 amide bonds. The van der Waals surface area contributed by atoms with Gasteiger partial charge < -0.3 is 14.6 Å². The first kappa shape index (κ1) is 68.9. The van der Waals surface area contributed by atoms with Gasteiger partial charge in [0.05, 0.1) is 6.61 Å². The molecule has 0 radical (unpaired) electrons. The highest BCUT2D eigenvalue weighted by molar-refractivity contribution is 5.70. The van der Waals surface area contributed by atoms with Gasteiger partial charge in [0.1, 0.15) is 6.61 Å². The van der Waals surface area contributed by atoms with E-state index < -0.39 is 6.10 Å². The molecule has 0 spiro atoms. The number of carbonyl (C=O) groups excluding carboxylic acids is 2. The van der Waals surface area contributed by atoms with Crippen molar-refractivity contribution in [2.45, 2.75) is 347 Å². The molecule has 0 aliphatic heterocycles. The third kappa shape index (κ3) is 60.3. The summed E-state index contributed by atoms with van der Waals surface area (Å²) in [4.78, 5) is 24.5. The molecule has 416 valence electrons. The molecule has 0 aliphatic rings. The van der Waals surface area contributed by atoms with Gasteiger partial charge in [0.15, 0.2) is 6.10 Å². The van der Waals surface area contributed by atoms with Crippen molar-refractivity contribution in [3.8, 4) is 0 Å². The molecule has 0 aromatic heterocycles. The zero-order chi connectivity index (χ0) is 51.3. The molecule has 5 heteroatoms. The number of hydrogen-bond acceptors (Lipinski definition) is 5. The molecule has 0 aliphatic carbocycles. The normalized spacial score (nSPS) is 12.4. The summed E-state index contributed by atoms with van der Waals surface area (Å²) in [5.74, 6) is -0.592. The van der Waals surface area contributed by atoms with Crippen molar-refractivity contribution in [2.24, 2.45) is 0 Å². The van der Waals surface area contributed by atoms with E-state index in [9.17, 15) is 14.7 Å². The molecule has 0 rings (SSSR count). The number of carbonyl (C=O) groups is 2. The van der Waals surface area contributed by atoms with E-state index in [1.165, 1.54) is 257 Å². The van der Waals surface area contributed by atoms with Crippen LogP contribution in [0.25, 0.3) is 0 Å². The van der Waals surface area contributed by atoms with Crippen LogP contribution < -0.4 is 0 Å². The second-order valence-corrected chi connectivity index (χ2v) is 21.5. The lowest BCUT2D eigenvalue weighted by Gasteiger charge is -2.15. The number of esters is 2. The van der Waals surface area contributed by atoms with E-state index >= 15 is 0 Å². The summed E-state index contributed by atoms with van der Waals surface area (Å²) in [5.41, 5.74) is 0. The first-order chi connectivity index (χ1) is 35.1. The Hall–Kier alpha value is -2.14. The summed E-state index contributed by atoms with van der Waals surface area (Å²) in [6, 6.07) is 0. The van der Waals surface area contributed by atoms with E-state index in [0.29, 0.717) is 12.8 Å². The third-order valence-corrected chi connectivity index (χ3v) is 14.3. The topological polar surface area (TPSA) is 72.8 Å². The van der Waals surface area contributed by atoms with Crippen LogP contribution in [0.4, 0.5) is 0 Å². The lowest BCUT2D eigenvalue weighted by Crippen LogP contribution is -2.28. The quantitative estimate of drug-likeness (QED) is 0.0373. The Bertz CT molecular complexity index is 1170. The molecule has 0 heterocycles. The Morgan fingerprint density at radius 3 is 0.845 bits per heavy atom. The fraction of sp³-hybridized carbons (Fsp3) is 0.848. The minimum atomic E-state index is -0.776. The van der Waals surface area contributed by atoms with Crippen LogP contribution in [0.15, 0.2) is 48.6 Å². The van der Waals surface area contributed by atoms with Gasteiger partial charge in [-0.3, -0.25) is 9.59 Å². The molecule has 5 nitrogen and oxygen atoms in total. The van der Waals surface area contributed by atoms with E-state index in [2.05, 4.69) is 62.5 Å². The highest BCUT2D eigenvalue weighted by Crippen LogP contribution is 2.18. The summed E-state index contributed by atoms with van der Waals surface area (Å²) >= 11 is 0. The van der Waals surface area contributed by atoms with Crippen molar-refractivity contribution in [3.05, 3.63) is 48.6 Å². The van der Waals surface area contributed by atoms with Gasteiger partial charge in [0.2, 0.25) is 0 Å². The summed E-state index contributed by atoms with van der Waals surface area (Å²) in [6.07, 6.45) is 82.8. The number of aliphatic hydroxyl groups is 1. The molecular formula is C66H122O5. The van der Waals surface area contributed by atoms with Crippen molar-refractivity contribution in [1.82, 2.24) is 0 Å². The number of rotatable bonds is 59. The number of aliphatic hydroxyl groups excluding tert-OH is 1. The van der Waals surface area contributed by atoms with Gasteiger partial charge in [-0.05, 0) is 77.0 Å². The average Bonchev–Trinajstić information content (AvgIpc) is 3.37. The monoisotopic (exact) mass is 995 g/mol. The lowest BCUT2D eigenvalue weighted by molar-refractivity contribution is -0.161. The largest absolute Gasteiger partial charge is 0.462 e. The predicted octanol–water partition coefficient (Wildman–Crippen LogP) is 21.6. The van der Waals surface area contributed by atoms with Crippen LogP contribution >= 0.6 is 0 Å². The zero-order valence-electron chi connectivity index (χ0n) is 47.8. The van der Waals surface area contributed by atoms with Gasteiger partial charge in [-0.2, -0.15) is 0 Å². The fourth-order valence-corrected chi connectivity index (χ4v) is 9.56. The van der Waals surface area contributed by atoms with Crippen LogP contribution in [0.1, 0.15) is 341 Å². The van der Waals surface area contributed by atoms with Crippen LogP contribution in [0.2, 0.25) is 0 Å². The van der Waals surface area contributed by atoms with E-state index in [4.69, 9.17) is 9.47 Å². The van der Waals surface area contributed by atoms with Crippen molar-refractivity contribution in [1.29, 1.82) is 0 Å². The highest BCUT2D eigenvalue weighted by Gasteiger charge is 2.16. The van der Waals surface area contributed by atoms with E-state index in [0.717, 1.165) is 57.8 Å². The minimum absolute atomic E-state index is 0.0696. The highest BCUT2D eigenvalue weighted by atomic mass is 16.6. The molecule has 0 aromatic rings. The molecule has 1 N–H and O–H groups in total. The third-order valence-electron chi connectivity index (χ3n) is 14.3. The standard InChI is InChI=1S/C66H122O5/c1-3-5-7-9-11-13-15-17-19-21-22-23-24-25-26-27-28-29-30-31-32-33-34-35-36-37-38-39-40-41-42-43-44-45-47-49-51-53-55-57-59-61-66(69)71-64(62-67)63-70-65(68)60-58-56-54-52-50-48-46-20-18-16-14-12-10-8-6-4-2/h14-17,20-22,46,64,67H,3-13,18-19,23-45,47-63H2,1-2H3/b16-14-,17-15-,22-21-,46-20-. The number of allylic oxidation sites excluding steroid dienone is 8. The van der Waals surface area contributed by atoms with E-state index in [1.807, 2.05) is 0 Å². The maximum Gasteiger partial charge on any atom is 0.306 e. The summed E-state index contributed by atoms with van der Waals surface area (Å²) < 4.78 is 10.7. The van der Waals surface area contributed by atoms with Crippen LogP contribution in [-0.2, 0) is 19.1 Å². The smallest absolute Gasteiger partial charge is 0.306 e. The predicted molar refractivity (Wildman–Crippen MR) is 311 cm³/mol. The summed E-state index contributed by atoms with van der Waals surface area (Å²) in [6.45, 7) is 4.13. The molecule has 1 atom stereocenters. The lowest BCUT2D eigenvalue weighted by atomic mass is 10.0. The second kappa shape index (κ2) is 62.2. The average molecular weight is 996 g/mol.